The van der Waals surface area contributed by atoms with Crippen molar-refractivity contribution in [1.29, 1.82) is 0 Å². The van der Waals surface area contributed by atoms with Gasteiger partial charge in [-0.3, -0.25) is 0 Å². The monoisotopic (exact) mass is 712 g/mol. The molecule has 0 bridgehead atoms. The van der Waals surface area contributed by atoms with E-state index in [1.165, 1.54) is 9.78 Å². The maximum absolute atomic E-state index is 8.64. The number of aryl methyl sites for hydroxylation is 2. The van der Waals surface area contributed by atoms with Crippen LogP contribution < -0.4 is 13.5 Å². The molecular weight excluding hydrogens is 669 g/mol. The van der Waals surface area contributed by atoms with Crippen LogP contribution in [0.3, 0.4) is 0 Å². The third-order valence-corrected chi connectivity index (χ3v) is 15.6. The molecule has 238 valence electrons. The molecule has 3 aromatic heterocycles. The van der Waals surface area contributed by atoms with Gasteiger partial charge in [-0.25, -0.2) is 0 Å². The molecule has 0 radical (unpaired) electrons. The molecule has 1 spiro atoms. The minimum absolute atomic E-state index is 0.183. The van der Waals surface area contributed by atoms with Gasteiger partial charge >= 0.3 is 255 Å². The van der Waals surface area contributed by atoms with E-state index in [4.69, 9.17) is 12.6 Å². The van der Waals surface area contributed by atoms with Gasteiger partial charge in [-0.15, -0.1) is 0 Å². The SMILES string of the molecule is [2H]C([2H])([2H])c1cc2[n+](cc1C([2H])([2H])[2H])C1(c3ccccc3-c3cc[c]([Ge]([CH3])([CH3])[CH3])c[n+]31)c1ccc3c(oc4ccc5c6ccccc6c6ccccc6c5c43)c1-2. The summed E-state index contributed by atoms with van der Waals surface area (Å²) < 4.78 is 64.4. The Balaban J connectivity index is 1.36. The second-order valence-electron chi connectivity index (χ2n) is 14.9. The molecule has 0 saturated heterocycles. The molecule has 0 amide bonds. The Kier molecular flexibility index (Phi) is 4.41. The van der Waals surface area contributed by atoms with Crippen LogP contribution in [-0.2, 0) is 5.66 Å². The standard InChI is InChI=1S/C46H36GeN2O/c1-27-24-40-44-38(46(48(40)25-28(27)2)37-17-11-10-16-35(37)39-22-18-29(26-49(39)46)47(3,4)5)21-19-36-43-41(50-45(36)44)23-20-34-32-14-7-6-12-30(32)31-13-8-9-15-33(31)42(34)43/h6-26H,1-5H3/q+2/i1D3,2D3. The van der Waals surface area contributed by atoms with Crippen molar-refractivity contribution in [3.05, 3.63) is 150 Å². The average molecular weight is 711 g/mol. The summed E-state index contributed by atoms with van der Waals surface area (Å²) >= 11 is -2.43. The van der Waals surface area contributed by atoms with E-state index in [9.17, 15) is 0 Å². The van der Waals surface area contributed by atoms with Crippen molar-refractivity contribution in [1.82, 2.24) is 0 Å². The number of aromatic nitrogens is 2. The number of pyridine rings is 2. The minimum atomic E-state index is -2.69. The normalized spacial score (nSPS) is 18.5. The summed E-state index contributed by atoms with van der Waals surface area (Å²) in [6.07, 6.45) is 3.86. The predicted molar refractivity (Wildman–Crippen MR) is 208 cm³/mol. The molecular formula is C46H36GeN2O+2. The predicted octanol–water partition coefficient (Wildman–Crippen LogP) is 10.0. The number of benzene rings is 6. The zero-order valence-corrected chi connectivity index (χ0v) is 30.0. The average Bonchev–Trinajstić information content (AvgIpc) is 3.80. The van der Waals surface area contributed by atoms with Crippen molar-refractivity contribution in [2.45, 2.75) is 36.6 Å². The van der Waals surface area contributed by atoms with Crippen LogP contribution in [0.2, 0.25) is 17.3 Å². The molecule has 0 fully saturated rings. The first-order valence-electron chi connectivity index (χ1n) is 20.2. The van der Waals surface area contributed by atoms with Crippen molar-refractivity contribution in [3.8, 4) is 22.5 Å². The quantitative estimate of drug-likeness (QED) is 0.0944. The van der Waals surface area contributed by atoms with Gasteiger partial charge in [0.25, 0.3) is 0 Å². The van der Waals surface area contributed by atoms with E-state index < -0.39 is 32.6 Å². The molecule has 2 aliphatic heterocycles. The first-order valence-corrected chi connectivity index (χ1v) is 24.5. The molecule has 0 saturated carbocycles. The number of nitrogens with zero attached hydrogens (tertiary/aromatic N) is 2. The Hall–Kier alpha value is -5.26. The molecule has 1 atom stereocenters. The summed E-state index contributed by atoms with van der Waals surface area (Å²) in [6, 6.07) is 39.9. The number of hydrogen-bond acceptors (Lipinski definition) is 1. The van der Waals surface area contributed by atoms with Crippen molar-refractivity contribution < 1.29 is 21.8 Å². The fourth-order valence-corrected chi connectivity index (χ4v) is 11.4. The molecule has 0 N–H and O–H groups in total. The Morgan fingerprint density at radius 3 is 2.00 bits per heavy atom. The second kappa shape index (κ2) is 9.49. The van der Waals surface area contributed by atoms with Gasteiger partial charge in [0.2, 0.25) is 0 Å². The Morgan fingerprint density at radius 1 is 0.580 bits per heavy atom. The first kappa shape index (κ1) is 23.2. The third-order valence-electron chi connectivity index (χ3n) is 11.3. The molecule has 3 nitrogen and oxygen atoms in total. The molecule has 50 heavy (non-hydrogen) atoms. The number of hydrogen-bond donors (Lipinski definition) is 0. The molecule has 2 aliphatic rings. The van der Waals surface area contributed by atoms with E-state index in [2.05, 4.69) is 119 Å². The van der Waals surface area contributed by atoms with E-state index >= 15 is 0 Å². The zero-order chi connectivity index (χ0) is 38.7. The van der Waals surface area contributed by atoms with Crippen LogP contribution in [-0.4, -0.2) is 13.3 Å². The van der Waals surface area contributed by atoms with Gasteiger partial charge in [-0.05, 0) is 5.39 Å². The van der Waals surface area contributed by atoms with Crippen molar-refractivity contribution in [2.24, 2.45) is 0 Å². The Bertz CT molecular complexity index is 3190. The molecule has 1 unspecified atom stereocenters. The summed E-state index contributed by atoms with van der Waals surface area (Å²) in [7, 11) is 0. The van der Waals surface area contributed by atoms with Crippen LogP contribution >= 0.6 is 0 Å². The van der Waals surface area contributed by atoms with Crippen LogP contribution in [0.4, 0.5) is 0 Å². The second-order valence-corrected chi connectivity index (χ2v) is 25.6. The van der Waals surface area contributed by atoms with Gasteiger partial charge in [0.1, 0.15) is 0 Å². The molecule has 11 rings (SSSR count). The Labute approximate surface area is 301 Å². The van der Waals surface area contributed by atoms with Crippen molar-refractivity contribution in [3.63, 3.8) is 0 Å². The molecule has 6 aromatic carbocycles. The van der Waals surface area contributed by atoms with Crippen LogP contribution in [0.15, 0.2) is 132 Å². The van der Waals surface area contributed by atoms with Gasteiger partial charge in [0, 0.05) is 0 Å². The third kappa shape index (κ3) is 3.37. The topological polar surface area (TPSA) is 20.9 Å². The van der Waals surface area contributed by atoms with Crippen LogP contribution in [0.25, 0.3) is 76.8 Å². The summed E-state index contributed by atoms with van der Waals surface area (Å²) in [6.45, 7) is -5.37. The molecule has 5 heterocycles. The summed E-state index contributed by atoms with van der Waals surface area (Å²) in [5, 5.41) is 8.77. The summed E-state index contributed by atoms with van der Waals surface area (Å²) in [5.74, 6) is 7.10. The van der Waals surface area contributed by atoms with E-state index in [1.807, 2.05) is 22.8 Å². The number of rotatable bonds is 1. The van der Waals surface area contributed by atoms with E-state index in [1.54, 1.807) is 12.3 Å². The fraction of sp³-hybridized carbons (Fsp3) is 0.130. The Morgan fingerprint density at radius 2 is 1.24 bits per heavy atom. The van der Waals surface area contributed by atoms with Crippen LogP contribution in [0.1, 0.15) is 30.5 Å². The van der Waals surface area contributed by atoms with E-state index in [0.717, 1.165) is 71.2 Å². The first-order chi connectivity index (χ1) is 26.7. The van der Waals surface area contributed by atoms with Gasteiger partial charge in [0.05, 0.1) is 0 Å². The zero-order valence-electron chi connectivity index (χ0n) is 33.9. The van der Waals surface area contributed by atoms with Crippen molar-refractivity contribution >= 4 is 71.9 Å². The van der Waals surface area contributed by atoms with Gasteiger partial charge in [-0.1, -0.05) is 42.5 Å². The molecule has 4 heteroatoms. The molecule has 9 aromatic rings. The number of fused-ring (bicyclic) bond motifs is 21. The summed E-state index contributed by atoms with van der Waals surface area (Å²) in [5.41, 5.74) is 5.23. The van der Waals surface area contributed by atoms with Crippen LogP contribution in [0, 0.1) is 13.7 Å². The molecule has 0 aliphatic carbocycles. The van der Waals surface area contributed by atoms with Crippen molar-refractivity contribution in [2.75, 3.05) is 0 Å². The maximum atomic E-state index is 8.64. The number of furan rings is 1. The fourth-order valence-electron chi connectivity index (χ4n) is 9.10. The van der Waals surface area contributed by atoms with Crippen LogP contribution in [0.5, 0.6) is 0 Å². The summed E-state index contributed by atoms with van der Waals surface area (Å²) in [4.78, 5) is 0. The van der Waals surface area contributed by atoms with Gasteiger partial charge in [0.15, 0.2) is 0 Å². The van der Waals surface area contributed by atoms with Gasteiger partial charge in [-0.2, -0.15) is 0 Å². The van der Waals surface area contributed by atoms with E-state index in [-0.39, 0.29) is 11.1 Å². The van der Waals surface area contributed by atoms with Gasteiger partial charge < -0.3 is 0 Å². The van der Waals surface area contributed by atoms with E-state index in [0.29, 0.717) is 11.3 Å².